The molecule has 0 radical (unpaired) electrons. The van der Waals surface area contributed by atoms with Crippen molar-refractivity contribution in [2.24, 2.45) is 5.73 Å². The molecule has 4 unspecified atom stereocenters. The number of aliphatic hydroxyl groups excluding tert-OH is 2. The van der Waals surface area contributed by atoms with E-state index in [9.17, 15) is 9.90 Å². The first kappa shape index (κ1) is 14.2. The van der Waals surface area contributed by atoms with Crippen LogP contribution in [0.5, 0.6) is 0 Å². The van der Waals surface area contributed by atoms with E-state index in [-0.39, 0.29) is 6.61 Å². The molecular formula is C12H16ClN2O4+. The predicted molar refractivity (Wildman–Crippen MR) is 66.4 cm³/mol. The quantitative estimate of drug-likeness (QED) is 0.507. The lowest BCUT2D eigenvalue weighted by Gasteiger charge is -2.21. The first-order chi connectivity index (χ1) is 8.87. The zero-order valence-electron chi connectivity index (χ0n) is 10.4. The summed E-state index contributed by atoms with van der Waals surface area (Å²) >= 11 is 6.30. The number of carbonyl (C=O) groups excluding carboxylic acids is 1. The molecule has 1 aliphatic rings. The molecule has 0 aliphatic carbocycles. The van der Waals surface area contributed by atoms with Gasteiger partial charge in [-0.3, -0.25) is 4.79 Å². The van der Waals surface area contributed by atoms with Gasteiger partial charge in [-0.05, 0) is 13.0 Å². The first-order valence-electron chi connectivity index (χ1n) is 5.82. The van der Waals surface area contributed by atoms with Crippen LogP contribution in [0.15, 0.2) is 24.5 Å². The number of carbonyl (C=O) groups is 1. The van der Waals surface area contributed by atoms with E-state index in [1.54, 1.807) is 29.8 Å². The normalized spacial score (nSPS) is 34.4. The lowest BCUT2D eigenvalue weighted by Crippen LogP contribution is -2.50. The molecule has 0 bridgehead atoms. The Kier molecular flexibility index (Phi) is 3.78. The maximum absolute atomic E-state index is 11.2. The highest BCUT2D eigenvalue weighted by atomic mass is 35.5. The van der Waals surface area contributed by atoms with Gasteiger partial charge in [0.2, 0.25) is 0 Å². The predicted octanol–water partition coefficient (Wildman–Crippen LogP) is -0.679. The topological polar surface area (TPSA) is 96.7 Å². The van der Waals surface area contributed by atoms with E-state index < -0.39 is 29.2 Å². The molecule has 1 amide bonds. The summed E-state index contributed by atoms with van der Waals surface area (Å²) in [5.41, 5.74) is 5.52. The van der Waals surface area contributed by atoms with Gasteiger partial charge in [0, 0.05) is 6.07 Å². The number of amides is 1. The molecule has 4 atom stereocenters. The summed E-state index contributed by atoms with van der Waals surface area (Å²) in [4.78, 5) is 10.0. The minimum Gasteiger partial charge on any atom is -0.394 e. The number of nitrogens with two attached hydrogens (primary N) is 1. The fourth-order valence-corrected chi connectivity index (χ4v) is 2.48. The summed E-state index contributed by atoms with van der Waals surface area (Å²) in [6.07, 6.45) is 0.663. The van der Waals surface area contributed by atoms with Crippen LogP contribution in [0, 0.1) is 0 Å². The number of rotatable bonds is 3. The summed E-state index contributed by atoms with van der Waals surface area (Å²) in [5.74, 6) is -0.567. The van der Waals surface area contributed by atoms with E-state index in [0.717, 1.165) is 0 Å². The lowest BCUT2D eigenvalue weighted by molar-refractivity contribution is -0.762. The second-order valence-electron chi connectivity index (χ2n) is 4.71. The SMILES string of the molecule is CC1(Cl)C(O)C(CO)OC1[n+]1cccc(C(N)=O)c1. The zero-order chi connectivity index (χ0) is 14.2. The van der Waals surface area contributed by atoms with Gasteiger partial charge >= 0.3 is 0 Å². The monoisotopic (exact) mass is 287 g/mol. The summed E-state index contributed by atoms with van der Waals surface area (Å²) < 4.78 is 7.10. The second kappa shape index (κ2) is 5.05. The average molecular weight is 288 g/mol. The smallest absolute Gasteiger partial charge is 0.284 e. The van der Waals surface area contributed by atoms with Crippen LogP contribution < -0.4 is 10.3 Å². The van der Waals surface area contributed by atoms with Crippen LogP contribution in [-0.4, -0.2) is 39.8 Å². The highest BCUT2D eigenvalue weighted by Crippen LogP contribution is 2.40. The van der Waals surface area contributed by atoms with Gasteiger partial charge in [-0.1, -0.05) is 0 Å². The van der Waals surface area contributed by atoms with Crippen LogP contribution in [-0.2, 0) is 4.74 Å². The van der Waals surface area contributed by atoms with Crippen molar-refractivity contribution >= 4 is 17.5 Å². The van der Waals surface area contributed by atoms with Crippen molar-refractivity contribution < 1.29 is 24.3 Å². The van der Waals surface area contributed by atoms with Gasteiger partial charge in [-0.2, -0.15) is 4.57 Å². The number of nitrogens with zero attached hydrogens (tertiary/aromatic N) is 1. The molecule has 1 saturated heterocycles. The molecule has 4 N–H and O–H groups in total. The van der Waals surface area contributed by atoms with Gasteiger partial charge in [0.05, 0.1) is 6.61 Å². The molecule has 2 rings (SSSR count). The molecule has 1 aromatic heterocycles. The highest BCUT2D eigenvalue weighted by Gasteiger charge is 2.57. The summed E-state index contributed by atoms with van der Waals surface area (Å²) in [6.45, 7) is 1.28. The Morgan fingerprint density at radius 1 is 1.68 bits per heavy atom. The van der Waals surface area contributed by atoms with E-state index in [1.165, 1.54) is 6.20 Å². The number of aliphatic hydroxyl groups is 2. The van der Waals surface area contributed by atoms with E-state index in [4.69, 9.17) is 27.2 Å². The Hall–Kier alpha value is -1.21. The molecule has 6 nitrogen and oxygen atoms in total. The summed E-state index contributed by atoms with van der Waals surface area (Å²) in [6, 6.07) is 3.20. The number of hydrogen-bond acceptors (Lipinski definition) is 4. The van der Waals surface area contributed by atoms with Crippen LogP contribution in [0.1, 0.15) is 23.5 Å². The Bertz CT molecular complexity index is 494. The minimum atomic E-state index is -1.12. The second-order valence-corrected chi connectivity index (χ2v) is 5.52. The molecule has 0 aromatic carbocycles. The largest absolute Gasteiger partial charge is 0.394 e. The fourth-order valence-electron chi connectivity index (χ4n) is 2.17. The number of ether oxygens (including phenoxy) is 1. The average Bonchev–Trinajstić information content (AvgIpc) is 2.61. The van der Waals surface area contributed by atoms with Crippen LogP contribution >= 0.6 is 11.6 Å². The van der Waals surface area contributed by atoms with Crippen molar-refractivity contribution in [3.05, 3.63) is 30.1 Å². The van der Waals surface area contributed by atoms with Crippen molar-refractivity contribution in [1.82, 2.24) is 0 Å². The van der Waals surface area contributed by atoms with Crippen molar-refractivity contribution in [1.29, 1.82) is 0 Å². The van der Waals surface area contributed by atoms with Crippen LogP contribution in [0.2, 0.25) is 0 Å². The Balaban J connectivity index is 2.36. The third-order valence-corrected chi connectivity index (χ3v) is 3.68. The maximum Gasteiger partial charge on any atom is 0.284 e. The minimum absolute atomic E-state index is 0.306. The number of hydrogen-bond donors (Lipinski definition) is 3. The molecule has 1 aliphatic heterocycles. The van der Waals surface area contributed by atoms with Crippen LogP contribution in [0.4, 0.5) is 0 Å². The van der Waals surface area contributed by atoms with E-state index in [0.29, 0.717) is 5.56 Å². The first-order valence-corrected chi connectivity index (χ1v) is 6.19. The van der Waals surface area contributed by atoms with Gasteiger partial charge in [0.15, 0.2) is 17.3 Å². The Labute approximate surface area is 115 Å². The standard InChI is InChI=1S/C12H15ClN2O4/c1-12(13)9(17)8(6-16)19-11(12)15-4-2-3-7(5-15)10(14)18/h2-5,8-9,11,16-17H,6H2,1H3,(H-,14,18)/p+1. The Morgan fingerprint density at radius 2 is 2.37 bits per heavy atom. The van der Waals surface area contributed by atoms with E-state index >= 15 is 0 Å². The molecule has 19 heavy (non-hydrogen) atoms. The zero-order valence-corrected chi connectivity index (χ0v) is 11.1. The third kappa shape index (κ3) is 2.44. The highest BCUT2D eigenvalue weighted by molar-refractivity contribution is 6.24. The molecule has 7 heteroatoms. The molecule has 0 saturated carbocycles. The number of aromatic nitrogens is 1. The molecule has 1 fully saturated rings. The van der Waals surface area contributed by atoms with Crippen molar-refractivity contribution in [3.8, 4) is 0 Å². The molecular weight excluding hydrogens is 272 g/mol. The van der Waals surface area contributed by atoms with E-state index in [1.807, 2.05) is 0 Å². The molecule has 2 heterocycles. The number of alkyl halides is 1. The van der Waals surface area contributed by atoms with Gasteiger partial charge in [0.1, 0.15) is 17.8 Å². The Morgan fingerprint density at radius 3 is 2.89 bits per heavy atom. The number of pyridine rings is 1. The number of primary amides is 1. The van der Waals surface area contributed by atoms with Gasteiger partial charge in [-0.25, -0.2) is 0 Å². The summed E-state index contributed by atoms with van der Waals surface area (Å²) in [5, 5.41) is 19.2. The maximum atomic E-state index is 11.2. The fraction of sp³-hybridized carbons (Fsp3) is 0.500. The van der Waals surface area contributed by atoms with Gasteiger partial charge in [0.25, 0.3) is 12.1 Å². The van der Waals surface area contributed by atoms with Gasteiger partial charge < -0.3 is 20.7 Å². The third-order valence-electron chi connectivity index (χ3n) is 3.27. The molecule has 104 valence electrons. The van der Waals surface area contributed by atoms with E-state index in [2.05, 4.69) is 0 Å². The van der Waals surface area contributed by atoms with Crippen LogP contribution in [0.25, 0.3) is 0 Å². The summed E-state index contributed by atoms with van der Waals surface area (Å²) in [7, 11) is 0. The van der Waals surface area contributed by atoms with Crippen molar-refractivity contribution in [3.63, 3.8) is 0 Å². The molecule has 1 aromatic rings. The lowest BCUT2D eigenvalue weighted by atomic mass is 10.0. The van der Waals surface area contributed by atoms with Gasteiger partial charge in [-0.15, -0.1) is 11.6 Å². The van der Waals surface area contributed by atoms with Crippen LogP contribution in [0.3, 0.4) is 0 Å². The number of halogens is 1. The van der Waals surface area contributed by atoms with Crippen molar-refractivity contribution in [2.45, 2.75) is 30.2 Å². The van der Waals surface area contributed by atoms with Crippen molar-refractivity contribution in [2.75, 3.05) is 6.61 Å². The molecule has 0 spiro atoms.